The van der Waals surface area contributed by atoms with Gasteiger partial charge in [0.05, 0.1) is 0 Å². The van der Waals surface area contributed by atoms with Crippen LogP contribution in [0.1, 0.15) is 18.1 Å². The second-order valence-electron chi connectivity index (χ2n) is 5.03. The number of nitrogens with two attached hydrogens (primary N) is 1. The molecule has 1 atom stereocenters. The molecule has 2 rings (SSSR count). The van der Waals surface area contributed by atoms with Gasteiger partial charge >= 0.3 is 0 Å². The smallest absolute Gasteiger partial charge is 0.265 e. The third-order valence-corrected chi connectivity index (χ3v) is 3.40. The van der Waals surface area contributed by atoms with Gasteiger partial charge in [-0.1, -0.05) is 24.3 Å². The van der Waals surface area contributed by atoms with Crippen LogP contribution >= 0.6 is 0 Å². The first kappa shape index (κ1) is 14.9. The van der Waals surface area contributed by atoms with E-state index < -0.39 is 6.10 Å². The summed E-state index contributed by atoms with van der Waals surface area (Å²) >= 11 is 0. The number of nitrogen functional groups attached to an aromatic ring is 1. The maximum atomic E-state index is 12.2. The Kier molecular flexibility index (Phi) is 4.48. The molecule has 2 aromatic rings. The van der Waals surface area contributed by atoms with Gasteiger partial charge in [-0.15, -0.1) is 0 Å². The van der Waals surface area contributed by atoms with E-state index in [-0.39, 0.29) is 5.91 Å². The van der Waals surface area contributed by atoms with Gasteiger partial charge in [-0.05, 0) is 50.1 Å². The van der Waals surface area contributed by atoms with E-state index in [9.17, 15) is 4.79 Å². The number of benzene rings is 2. The molecule has 0 fully saturated rings. The molecule has 4 nitrogen and oxygen atoms in total. The standard InChI is InChI=1S/C17H20N2O2/c1-11-7-4-5-10-16(11)21-13(3)17(20)19-15-9-6-8-14(18)12(15)2/h4-10,13H,18H2,1-3H3,(H,19,20). The van der Waals surface area contributed by atoms with Gasteiger partial charge in [0, 0.05) is 11.4 Å². The van der Waals surface area contributed by atoms with E-state index >= 15 is 0 Å². The van der Waals surface area contributed by atoms with Gasteiger partial charge < -0.3 is 15.8 Å². The molecule has 0 saturated carbocycles. The summed E-state index contributed by atoms with van der Waals surface area (Å²) in [7, 11) is 0. The van der Waals surface area contributed by atoms with E-state index in [0.29, 0.717) is 17.1 Å². The lowest BCUT2D eigenvalue weighted by atomic mass is 10.1. The second kappa shape index (κ2) is 6.31. The van der Waals surface area contributed by atoms with Gasteiger partial charge in [0.25, 0.3) is 5.91 Å². The fourth-order valence-corrected chi connectivity index (χ4v) is 1.96. The molecule has 1 unspecified atom stereocenters. The summed E-state index contributed by atoms with van der Waals surface area (Å²) in [6.07, 6.45) is -0.591. The van der Waals surface area contributed by atoms with Crippen LogP contribution in [0.4, 0.5) is 11.4 Å². The second-order valence-corrected chi connectivity index (χ2v) is 5.03. The summed E-state index contributed by atoms with van der Waals surface area (Å²) in [5.74, 6) is 0.511. The van der Waals surface area contributed by atoms with Gasteiger partial charge in [-0.3, -0.25) is 4.79 Å². The maximum Gasteiger partial charge on any atom is 0.265 e. The molecule has 0 radical (unpaired) electrons. The Labute approximate surface area is 124 Å². The number of hydrogen-bond acceptors (Lipinski definition) is 3. The van der Waals surface area contributed by atoms with E-state index in [1.54, 1.807) is 13.0 Å². The lowest BCUT2D eigenvalue weighted by Gasteiger charge is -2.17. The fourth-order valence-electron chi connectivity index (χ4n) is 1.96. The molecule has 1 amide bonds. The third kappa shape index (κ3) is 3.54. The van der Waals surface area contributed by atoms with Crippen LogP contribution in [0.15, 0.2) is 42.5 Å². The highest BCUT2D eigenvalue weighted by Crippen LogP contribution is 2.22. The number of anilines is 2. The molecule has 21 heavy (non-hydrogen) atoms. The minimum atomic E-state index is -0.591. The Balaban J connectivity index is 2.06. The molecular weight excluding hydrogens is 264 g/mol. The van der Waals surface area contributed by atoms with Crippen LogP contribution in [-0.2, 0) is 4.79 Å². The molecule has 0 aliphatic rings. The highest BCUT2D eigenvalue weighted by Gasteiger charge is 2.16. The summed E-state index contributed by atoms with van der Waals surface area (Å²) in [6.45, 7) is 5.54. The first-order chi connectivity index (χ1) is 9.99. The van der Waals surface area contributed by atoms with E-state index in [2.05, 4.69) is 5.32 Å². The minimum absolute atomic E-state index is 0.202. The van der Waals surface area contributed by atoms with Crippen LogP contribution < -0.4 is 15.8 Å². The number of carbonyl (C=O) groups is 1. The van der Waals surface area contributed by atoms with Gasteiger partial charge in [0.1, 0.15) is 5.75 Å². The molecule has 110 valence electrons. The predicted molar refractivity (Wildman–Crippen MR) is 85.5 cm³/mol. The molecule has 0 bridgehead atoms. The number of amides is 1. The molecule has 0 saturated heterocycles. The molecule has 0 aliphatic carbocycles. The van der Waals surface area contributed by atoms with Crippen molar-refractivity contribution in [3.8, 4) is 5.75 Å². The highest BCUT2D eigenvalue weighted by atomic mass is 16.5. The van der Waals surface area contributed by atoms with E-state index in [0.717, 1.165) is 11.1 Å². The van der Waals surface area contributed by atoms with Crippen molar-refractivity contribution in [2.75, 3.05) is 11.1 Å². The quantitative estimate of drug-likeness (QED) is 0.847. The number of aryl methyl sites for hydroxylation is 1. The van der Waals surface area contributed by atoms with Gasteiger partial charge in [0.2, 0.25) is 0 Å². The first-order valence-electron chi connectivity index (χ1n) is 6.87. The van der Waals surface area contributed by atoms with Crippen LogP contribution in [-0.4, -0.2) is 12.0 Å². The zero-order valence-electron chi connectivity index (χ0n) is 12.5. The van der Waals surface area contributed by atoms with Crippen molar-refractivity contribution >= 4 is 17.3 Å². The molecule has 3 N–H and O–H groups in total. The van der Waals surface area contributed by atoms with Crippen molar-refractivity contribution in [2.45, 2.75) is 26.9 Å². The van der Waals surface area contributed by atoms with Crippen LogP contribution in [0.5, 0.6) is 5.75 Å². The van der Waals surface area contributed by atoms with Crippen molar-refractivity contribution in [1.29, 1.82) is 0 Å². The maximum absolute atomic E-state index is 12.2. The fraction of sp³-hybridized carbons (Fsp3) is 0.235. The van der Waals surface area contributed by atoms with Crippen LogP contribution in [0, 0.1) is 13.8 Å². The third-order valence-electron chi connectivity index (χ3n) is 3.40. The number of carbonyl (C=O) groups excluding carboxylic acids is 1. The Morgan fingerprint density at radius 2 is 1.86 bits per heavy atom. The molecule has 2 aromatic carbocycles. The van der Waals surface area contributed by atoms with Crippen molar-refractivity contribution in [2.24, 2.45) is 0 Å². The molecule has 4 heteroatoms. The normalized spacial score (nSPS) is 11.8. The SMILES string of the molecule is Cc1ccccc1OC(C)C(=O)Nc1cccc(N)c1C. The topological polar surface area (TPSA) is 64.3 Å². The lowest BCUT2D eigenvalue weighted by Crippen LogP contribution is -2.30. The molecule has 0 heterocycles. The minimum Gasteiger partial charge on any atom is -0.481 e. The summed E-state index contributed by atoms with van der Waals surface area (Å²) in [4.78, 5) is 12.2. The number of ether oxygens (including phenoxy) is 1. The molecule has 0 spiro atoms. The van der Waals surface area contributed by atoms with Crippen molar-refractivity contribution in [1.82, 2.24) is 0 Å². The zero-order chi connectivity index (χ0) is 15.4. The first-order valence-corrected chi connectivity index (χ1v) is 6.87. The largest absolute Gasteiger partial charge is 0.481 e. The summed E-state index contributed by atoms with van der Waals surface area (Å²) in [6, 6.07) is 13.1. The van der Waals surface area contributed by atoms with Crippen LogP contribution in [0.2, 0.25) is 0 Å². The van der Waals surface area contributed by atoms with Gasteiger partial charge in [0.15, 0.2) is 6.10 Å². The number of para-hydroxylation sites is 1. The lowest BCUT2D eigenvalue weighted by molar-refractivity contribution is -0.122. The monoisotopic (exact) mass is 284 g/mol. The predicted octanol–water partition coefficient (Wildman–Crippen LogP) is 3.29. The molecular formula is C17H20N2O2. The molecule has 0 aliphatic heterocycles. The zero-order valence-corrected chi connectivity index (χ0v) is 12.5. The Bertz CT molecular complexity index is 653. The van der Waals surface area contributed by atoms with Crippen molar-refractivity contribution in [3.63, 3.8) is 0 Å². The molecule has 0 aromatic heterocycles. The summed E-state index contributed by atoms with van der Waals surface area (Å²) in [5.41, 5.74) is 9.05. The number of nitrogens with one attached hydrogen (secondary N) is 1. The van der Waals surface area contributed by atoms with E-state index in [4.69, 9.17) is 10.5 Å². The average molecular weight is 284 g/mol. The Morgan fingerprint density at radius 3 is 2.57 bits per heavy atom. The number of hydrogen-bond donors (Lipinski definition) is 2. The van der Waals surface area contributed by atoms with Crippen LogP contribution in [0.3, 0.4) is 0 Å². The van der Waals surface area contributed by atoms with Gasteiger partial charge in [-0.25, -0.2) is 0 Å². The number of rotatable bonds is 4. The summed E-state index contributed by atoms with van der Waals surface area (Å²) < 4.78 is 5.71. The van der Waals surface area contributed by atoms with E-state index in [1.807, 2.05) is 50.2 Å². The van der Waals surface area contributed by atoms with Crippen LogP contribution in [0.25, 0.3) is 0 Å². The Morgan fingerprint density at radius 1 is 1.14 bits per heavy atom. The highest BCUT2D eigenvalue weighted by molar-refractivity contribution is 5.95. The van der Waals surface area contributed by atoms with Gasteiger partial charge in [-0.2, -0.15) is 0 Å². The Hall–Kier alpha value is -2.49. The van der Waals surface area contributed by atoms with E-state index in [1.165, 1.54) is 0 Å². The van der Waals surface area contributed by atoms with Crippen molar-refractivity contribution < 1.29 is 9.53 Å². The van der Waals surface area contributed by atoms with Crippen molar-refractivity contribution in [3.05, 3.63) is 53.6 Å². The summed E-state index contributed by atoms with van der Waals surface area (Å²) in [5, 5.41) is 2.85. The average Bonchev–Trinajstić information content (AvgIpc) is 2.46.